The first-order valence-corrected chi connectivity index (χ1v) is 22.0. The van der Waals surface area contributed by atoms with Gasteiger partial charge in [0.2, 0.25) is 0 Å². The Hall–Kier alpha value is -6.76. The second kappa shape index (κ2) is 14.2. The minimum absolute atomic E-state index is 0.0302. The molecule has 0 aliphatic heterocycles. The van der Waals surface area contributed by atoms with Crippen LogP contribution in [0.1, 0.15) is 56.9 Å². The number of hydrogen-bond donors (Lipinski definition) is 0. The van der Waals surface area contributed by atoms with Crippen LogP contribution < -0.4 is 0 Å². The maximum atomic E-state index is 2.55. The van der Waals surface area contributed by atoms with Crippen LogP contribution in [-0.2, 0) is 5.41 Å². The smallest absolute Gasteiger partial charge is 0.00137 e. The Balaban J connectivity index is 1.28. The lowest BCUT2D eigenvalue weighted by Crippen LogP contribution is -2.12. The summed E-state index contributed by atoms with van der Waals surface area (Å²) in [6.07, 6.45) is 9.65. The summed E-state index contributed by atoms with van der Waals surface area (Å²) in [5, 5.41) is 7.81. The van der Waals surface area contributed by atoms with E-state index in [9.17, 15) is 0 Å². The minimum atomic E-state index is -0.0302. The third-order valence-corrected chi connectivity index (χ3v) is 13.6. The molecule has 0 saturated carbocycles. The number of fused-ring (bicyclic) bond motifs is 8. The van der Waals surface area contributed by atoms with Crippen molar-refractivity contribution in [3.63, 3.8) is 0 Å². The Morgan fingerprint density at radius 3 is 1.84 bits per heavy atom. The molecule has 0 saturated heterocycles. The molecule has 9 aromatic carbocycles. The van der Waals surface area contributed by atoms with Crippen molar-refractivity contribution in [3.8, 4) is 66.8 Å². The van der Waals surface area contributed by atoms with Gasteiger partial charge in [-0.3, -0.25) is 0 Å². The van der Waals surface area contributed by atoms with Gasteiger partial charge in [-0.25, -0.2) is 0 Å². The monoisotopic (exact) mass is 782 g/mol. The van der Waals surface area contributed by atoms with Crippen molar-refractivity contribution in [1.29, 1.82) is 0 Å². The van der Waals surface area contributed by atoms with E-state index in [1.165, 1.54) is 121 Å². The van der Waals surface area contributed by atoms with Crippen molar-refractivity contribution >= 4 is 44.5 Å². The van der Waals surface area contributed by atoms with E-state index in [2.05, 4.69) is 224 Å². The van der Waals surface area contributed by atoms with Crippen LogP contribution in [0.15, 0.2) is 170 Å². The van der Waals surface area contributed by atoms with Gasteiger partial charge in [-0.05, 0) is 176 Å². The van der Waals surface area contributed by atoms with Gasteiger partial charge in [0, 0.05) is 0 Å². The van der Waals surface area contributed by atoms with Crippen LogP contribution in [0, 0.1) is 18.8 Å². The Labute approximate surface area is 360 Å². The summed E-state index contributed by atoms with van der Waals surface area (Å²) in [4.78, 5) is 0. The van der Waals surface area contributed by atoms with Gasteiger partial charge in [0.25, 0.3) is 0 Å². The lowest BCUT2D eigenvalue weighted by Gasteiger charge is -2.24. The van der Waals surface area contributed by atoms with E-state index in [-0.39, 0.29) is 5.41 Å². The van der Waals surface area contributed by atoms with Crippen LogP contribution in [0.25, 0.3) is 111 Å². The molecule has 1 atom stereocenters. The first kappa shape index (κ1) is 37.3. The molecule has 2 aliphatic carbocycles. The molecular formula is C61H50. The van der Waals surface area contributed by atoms with Gasteiger partial charge in [-0.2, -0.15) is 0 Å². The van der Waals surface area contributed by atoms with E-state index in [0.29, 0.717) is 11.8 Å². The molecule has 0 aromatic heterocycles. The van der Waals surface area contributed by atoms with Crippen molar-refractivity contribution in [2.75, 3.05) is 0 Å². The Morgan fingerprint density at radius 2 is 1.08 bits per heavy atom. The predicted octanol–water partition coefficient (Wildman–Crippen LogP) is 17.4. The maximum absolute atomic E-state index is 2.55. The Bertz CT molecular complexity index is 3290. The molecule has 0 N–H and O–H groups in total. The summed E-state index contributed by atoms with van der Waals surface area (Å²) in [5.41, 5.74) is 20.6. The van der Waals surface area contributed by atoms with Crippen molar-refractivity contribution in [2.24, 2.45) is 11.8 Å². The zero-order valence-electron chi connectivity index (χ0n) is 36.0. The summed E-state index contributed by atoms with van der Waals surface area (Å²) in [6.45, 7) is 13.9. The lowest BCUT2D eigenvalue weighted by atomic mass is 9.80. The molecule has 0 radical (unpaired) electrons. The lowest BCUT2D eigenvalue weighted by molar-refractivity contribution is 0.554. The Kier molecular flexibility index (Phi) is 8.66. The number of allylic oxidation sites excluding steroid dienone is 2. The van der Waals surface area contributed by atoms with Crippen LogP contribution in [0.3, 0.4) is 0 Å². The molecule has 0 fully saturated rings. The van der Waals surface area contributed by atoms with E-state index in [4.69, 9.17) is 0 Å². The molecule has 61 heavy (non-hydrogen) atoms. The molecule has 0 heterocycles. The van der Waals surface area contributed by atoms with E-state index in [1.54, 1.807) is 0 Å². The third kappa shape index (κ3) is 6.11. The molecule has 9 aromatic rings. The number of rotatable bonds is 5. The van der Waals surface area contributed by atoms with Crippen LogP contribution in [0.2, 0.25) is 0 Å². The zero-order chi connectivity index (χ0) is 41.6. The molecule has 0 bridgehead atoms. The van der Waals surface area contributed by atoms with Gasteiger partial charge in [0.15, 0.2) is 0 Å². The van der Waals surface area contributed by atoms with Crippen molar-refractivity contribution in [1.82, 2.24) is 0 Å². The van der Waals surface area contributed by atoms with Crippen LogP contribution in [-0.4, -0.2) is 0 Å². The topological polar surface area (TPSA) is 0 Å². The second-order valence-corrected chi connectivity index (χ2v) is 18.7. The second-order valence-electron chi connectivity index (χ2n) is 18.7. The largest absolute Gasteiger partial charge is 0.0767 e. The summed E-state index contributed by atoms with van der Waals surface area (Å²) < 4.78 is 0. The third-order valence-electron chi connectivity index (χ3n) is 13.6. The highest BCUT2D eigenvalue weighted by molar-refractivity contribution is 6.30. The van der Waals surface area contributed by atoms with Crippen molar-refractivity contribution in [2.45, 2.75) is 47.0 Å². The summed E-state index contributed by atoms with van der Waals surface area (Å²) in [6, 6.07) is 59.7. The van der Waals surface area contributed by atoms with Crippen LogP contribution >= 0.6 is 0 Å². The van der Waals surface area contributed by atoms with Gasteiger partial charge in [0.05, 0.1) is 0 Å². The van der Waals surface area contributed by atoms with Crippen molar-refractivity contribution in [3.05, 3.63) is 192 Å². The summed E-state index contributed by atoms with van der Waals surface area (Å²) in [5.74, 6) is 0.896. The number of aryl methyl sites for hydroxylation is 1. The molecule has 2 aliphatic rings. The van der Waals surface area contributed by atoms with E-state index >= 15 is 0 Å². The van der Waals surface area contributed by atoms with E-state index in [0.717, 1.165) is 0 Å². The summed E-state index contributed by atoms with van der Waals surface area (Å²) in [7, 11) is 0. The normalized spacial score (nSPS) is 14.2. The Morgan fingerprint density at radius 1 is 0.426 bits per heavy atom. The van der Waals surface area contributed by atoms with E-state index in [1.807, 2.05) is 0 Å². The highest BCUT2D eigenvalue weighted by Crippen LogP contribution is 2.55. The first-order chi connectivity index (χ1) is 29.6. The fraction of sp³-hybridized carbons (Fsp3) is 0.148. The van der Waals surface area contributed by atoms with Crippen LogP contribution in [0.4, 0.5) is 0 Å². The molecule has 0 heteroatoms. The first-order valence-electron chi connectivity index (χ1n) is 22.0. The fourth-order valence-electron chi connectivity index (χ4n) is 10.2. The number of benzene rings is 9. The average molecular weight is 783 g/mol. The van der Waals surface area contributed by atoms with Gasteiger partial charge in [-0.15, -0.1) is 0 Å². The molecule has 0 spiro atoms. The zero-order valence-corrected chi connectivity index (χ0v) is 36.0. The minimum Gasteiger partial charge on any atom is -0.0767 e. The standard InChI is InChI=1S/C61H50/c1-37(2)39-21-22-43-31-45(61(4,5)6)34-54(47(43)26-23-39)57-35-56-51-30-29-48(41-18-11-8-12-19-41)59-50-28-24-42(40-16-9-7-10-17-40)32-53(50)58(60(51)59)36-55(56)49-27-25-44(33-52(49)57)46-20-14-13-15-38(46)3/h7-37,39H,1-6H3. The quantitative estimate of drug-likeness (QED) is 0.153. The van der Waals surface area contributed by atoms with Gasteiger partial charge >= 0.3 is 0 Å². The molecule has 0 amide bonds. The average Bonchev–Trinajstić information content (AvgIpc) is 3.43. The molecule has 11 rings (SSSR count). The van der Waals surface area contributed by atoms with E-state index < -0.39 is 0 Å². The molecule has 294 valence electrons. The fourth-order valence-corrected chi connectivity index (χ4v) is 10.2. The predicted molar refractivity (Wildman–Crippen MR) is 265 cm³/mol. The molecule has 0 nitrogen and oxygen atoms in total. The maximum Gasteiger partial charge on any atom is -0.00137 e. The van der Waals surface area contributed by atoms with Gasteiger partial charge in [-0.1, -0.05) is 186 Å². The number of hydrogen-bond acceptors (Lipinski definition) is 0. The van der Waals surface area contributed by atoms with Gasteiger partial charge < -0.3 is 0 Å². The van der Waals surface area contributed by atoms with Gasteiger partial charge in [0.1, 0.15) is 0 Å². The van der Waals surface area contributed by atoms with Crippen molar-refractivity contribution < 1.29 is 0 Å². The SMILES string of the molecule is Cc1ccccc1-c1ccc2c(c1)c(-c1cc(C(C)(C)C)cc3c1C=CC(C(C)C)C=C3)cc1c3ccc(-c4ccccc4)c4c3c(cc21)-c1cc(-c2ccccc2)ccc1-4. The highest BCUT2D eigenvalue weighted by Gasteiger charge is 2.28. The molecule has 1 unspecified atom stereocenters. The molecular weight excluding hydrogens is 733 g/mol. The highest BCUT2D eigenvalue weighted by atomic mass is 14.3. The summed E-state index contributed by atoms with van der Waals surface area (Å²) >= 11 is 0. The van der Waals surface area contributed by atoms with Crippen LogP contribution in [0.5, 0.6) is 0 Å².